The number of rotatable bonds is 3. The van der Waals surface area contributed by atoms with Crippen molar-refractivity contribution in [3.05, 3.63) is 69.9 Å². The van der Waals surface area contributed by atoms with Gasteiger partial charge in [-0.15, -0.1) is 0 Å². The summed E-state index contributed by atoms with van der Waals surface area (Å²) in [6.07, 6.45) is -5.52. The van der Waals surface area contributed by atoms with Gasteiger partial charge in [0.2, 0.25) is 17.5 Å². The summed E-state index contributed by atoms with van der Waals surface area (Å²) in [4.78, 5) is 14.7. The van der Waals surface area contributed by atoms with Gasteiger partial charge in [-0.05, 0) is 19.1 Å². The zero-order valence-electron chi connectivity index (χ0n) is 14.8. The normalized spacial score (nSPS) is 11.4. The molecule has 0 atom stereocenters. The quantitative estimate of drug-likeness (QED) is 0.258. The molecule has 0 fully saturated rings. The van der Waals surface area contributed by atoms with E-state index in [-0.39, 0.29) is 21.8 Å². The first-order chi connectivity index (χ1) is 13.8. The Morgan fingerprint density at radius 1 is 1.00 bits per heavy atom. The molecular weight excluding hydrogens is 485 g/mol. The second kappa shape index (κ2) is 8.27. The van der Waals surface area contributed by atoms with E-state index in [1.807, 2.05) is 0 Å². The molecule has 31 heavy (non-hydrogen) atoms. The molecule has 0 aliphatic rings. The fourth-order valence-corrected chi connectivity index (χ4v) is 2.64. The van der Waals surface area contributed by atoms with Crippen LogP contribution in [0.3, 0.4) is 0 Å². The Morgan fingerprint density at radius 2 is 1.55 bits per heavy atom. The number of carbonyl (C=O) groups excluding carboxylic acids is 1. The van der Waals surface area contributed by atoms with Crippen molar-refractivity contribution in [2.75, 3.05) is 0 Å². The molecule has 1 aromatic carbocycles. The predicted molar refractivity (Wildman–Crippen MR) is 82.4 cm³/mol. The van der Waals surface area contributed by atoms with Crippen LogP contribution in [0.4, 0.5) is 35.1 Å². The van der Waals surface area contributed by atoms with Crippen molar-refractivity contribution in [2.45, 2.75) is 13.1 Å². The molecule has 14 heteroatoms. The maximum absolute atomic E-state index is 14.3. The monoisotopic (exact) mass is 492 g/mol. The molecule has 0 aliphatic carbocycles. The molecule has 0 amide bonds. The number of benzene rings is 1. The minimum atomic E-state index is -5.52. The minimum absolute atomic E-state index is 0. The number of aromatic hydroxyl groups is 1. The molecular formula is C17H7F8MnN3O2. The number of nitrogens with zero attached hydrogens (tertiary/aromatic N) is 3. The van der Waals surface area contributed by atoms with Gasteiger partial charge in [0.05, 0.1) is 5.69 Å². The fourth-order valence-electron chi connectivity index (χ4n) is 2.64. The van der Waals surface area contributed by atoms with Crippen molar-refractivity contribution in [1.82, 2.24) is 14.8 Å². The van der Waals surface area contributed by atoms with Gasteiger partial charge in [0.15, 0.2) is 11.5 Å². The number of carbonyl (C=O) groups is 1. The van der Waals surface area contributed by atoms with Crippen molar-refractivity contribution in [3.63, 3.8) is 0 Å². The van der Waals surface area contributed by atoms with Crippen molar-refractivity contribution in [1.29, 1.82) is 0 Å². The van der Waals surface area contributed by atoms with Crippen molar-refractivity contribution in [2.24, 2.45) is 0 Å². The number of aryl methyl sites for hydroxylation is 1. The van der Waals surface area contributed by atoms with Gasteiger partial charge in [0, 0.05) is 28.7 Å². The second-order valence-electron chi connectivity index (χ2n) is 5.91. The van der Waals surface area contributed by atoms with E-state index >= 15 is 0 Å². The van der Waals surface area contributed by atoms with Crippen LogP contribution in [0.25, 0.3) is 5.69 Å². The summed E-state index contributed by atoms with van der Waals surface area (Å²) in [5, 5.41) is 13.6. The van der Waals surface area contributed by atoms with Crippen LogP contribution in [-0.2, 0) is 23.2 Å². The van der Waals surface area contributed by atoms with E-state index in [1.54, 1.807) is 0 Å². The van der Waals surface area contributed by atoms with Crippen LogP contribution in [0.5, 0.6) is 5.88 Å². The molecule has 0 aliphatic heterocycles. The summed E-state index contributed by atoms with van der Waals surface area (Å²) >= 11 is 0. The van der Waals surface area contributed by atoms with Crippen LogP contribution < -0.4 is 0 Å². The Bertz CT molecular complexity index is 1170. The molecule has 1 radical (unpaired) electrons. The molecule has 2 heterocycles. The summed E-state index contributed by atoms with van der Waals surface area (Å²) in [5.74, 6) is -12.0. The Balaban J connectivity index is 0.00000341. The van der Waals surface area contributed by atoms with Gasteiger partial charge < -0.3 is 5.11 Å². The molecule has 2 aromatic heterocycles. The topological polar surface area (TPSA) is 68.0 Å². The average molecular weight is 492 g/mol. The minimum Gasteiger partial charge on any atom is -0.493 e. The zero-order valence-corrected chi connectivity index (χ0v) is 16.0. The SMILES string of the molecule is Cc1nn(-c2c(F)c(F)nc(C(F)(F)F)c2F)c(O)c1C(=O)c1cc(F)cc(F)c1.[Mn]. The van der Waals surface area contributed by atoms with Crippen LogP contribution in [0.15, 0.2) is 18.2 Å². The molecule has 3 rings (SSSR count). The Morgan fingerprint density at radius 3 is 2.06 bits per heavy atom. The smallest absolute Gasteiger partial charge is 0.436 e. The first-order valence-corrected chi connectivity index (χ1v) is 7.74. The number of hydrogen-bond donors (Lipinski definition) is 1. The summed E-state index contributed by atoms with van der Waals surface area (Å²) in [7, 11) is 0. The third kappa shape index (κ3) is 4.26. The number of ketones is 1. The van der Waals surface area contributed by atoms with E-state index in [4.69, 9.17) is 0 Å². The van der Waals surface area contributed by atoms with Crippen LogP contribution in [-0.4, -0.2) is 25.7 Å². The largest absolute Gasteiger partial charge is 0.493 e. The average Bonchev–Trinajstić information content (AvgIpc) is 2.90. The molecule has 0 spiro atoms. The standard InChI is InChI=1S/C17H7F8N3O2.Mn/c1-5-9(13(29)6-2-7(18)4-8(19)3-6)16(30)28(27-5)12-10(20)14(17(23,24)25)26-15(22)11(12)21;/h2-4,30H,1H3;. The second-order valence-corrected chi connectivity index (χ2v) is 5.91. The molecule has 0 saturated heterocycles. The van der Waals surface area contributed by atoms with Crippen molar-refractivity contribution < 1.29 is 62.1 Å². The summed E-state index contributed by atoms with van der Waals surface area (Å²) in [6.45, 7) is 1.01. The first-order valence-electron chi connectivity index (χ1n) is 7.74. The zero-order chi connectivity index (χ0) is 22.5. The molecule has 0 unspecified atom stereocenters. The van der Waals surface area contributed by atoms with E-state index in [9.17, 15) is 45.0 Å². The predicted octanol–water partition coefficient (Wildman–Crippen LogP) is 4.22. The summed E-state index contributed by atoms with van der Waals surface area (Å²) in [6, 6.07) is 1.60. The van der Waals surface area contributed by atoms with Crippen molar-refractivity contribution in [3.8, 4) is 11.6 Å². The van der Waals surface area contributed by atoms with Crippen LogP contribution in [0.2, 0.25) is 0 Å². The van der Waals surface area contributed by atoms with Gasteiger partial charge in [-0.25, -0.2) is 18.2 Å². The van der Waals surface area contributed by atoms with Crippen LogP contribution >= 0.6 is 0 Å². The van der Waals surface area contributed by atoms with Gasteiger partial charge in [0.25, 0.3) is 5.95 Å². The van der Waals surface area contributed by atoms with Gasteiger partial charge in [-0.1, -0.05) is 0 Å². The van der Waals surface area contributed by atoms with Crippen LogP contribution in [0.1, 0.15) is 27.3 Å². The van der Waals surface area contributed by atoms with E-state index in [2.05, 4.69) is 10.1 Å². The number of halogens is 8. The molecule has 1 N–H and O–H groups in total. The molecule has 3 aromatic rings. The van der Waals surface area contributed by atoms with Gasteiger partial charge in [-0.2, -0.15) is 31.7 Å². The van der Waals surface area contributed by atoms with Gasteiger partial charge in [-0.3, -0.25) is 4.79 Å². The number of aromatic nitrogens is 3. The molecule has 165 valence electrons. The maximum Gasteiger partial charge on any atom is 0.436 e. The first kappa shape index (κ1) is 24.3. The molecule has 0 saturated carbocycles. The van der Waals surface area contributed by atoms with Gasteiger partial charge in [0.1, 0.15) is 22.9 Å². The van der Waals surface area contributed by atoms with Gasteiger partial charge >= 0.3 is 6.18 Å². The van der Waals surface area contributed by atoms with E-state index in [0.717, 1.165) is 6.92 Å². The summed E-state index contributed by atoms with van der Waals surface area (Å²) in [5.41, 5.74) is -6.16. The maximum atomic E-state index is 14.3. The Hall–Kier alpha value is -2.99. The Kier molecular flexibility index (Phi) is 6.48. The number of alkyl halides is 3. The Labute approximate surface area is 177 Å². The van der Waals surface area contributed by atoms with E-state index in [1.165, 1.54) is 0 Å². The summed E-state index contributed by atoms with van der Waals surface area (Å²) < 4.78 is 107. The van der Waals surface area contributed by atoms with Crippen LogP contribution in [0, 0.1) is 36.1 Å². The van der Waals surface area contributed by atoms with E-state index < -0.39 is 75.3 Å². The molecule has 5 nitrogen and oxygen atoms in total. The molecule has 0 bridgehead atoms. The number of hydrogen-bond acceptors (Lipinski definition) is 4. The fraction of sp³-hybridized carbons (Fsp3) is 0.118. The van der Waals surface area contributed by atoms with E-state index in [0.29, 0.717) is 18.2 Å². The van der Waals surface area contributed by atoms with Crippen molar-refractivity contribution >= 4 is 5.78 Å². The third-order valence-corrected chi connectivity index (χ3v) is 3.88. The number of pyridine rings is 1. The third-order valence-electron chi connectivity index (χ3n) is 3.88.